The van der Waals surface area contributed by atoms with Crippen LogP contribution in [-0.4, -0.2) is 5.84 Å². The van der Waals surface area contributed by atoms with Crippen LogP contribution in [-0.2, 0) is 13.0 Å². The summed E-state index contributed by atoms with van der Waals surface area (Å²) in [6, 6.07) is 56.5. The van der Waals surface area contributed by atoms with Crippen LogP contribution in [0.25, 0.3) is 64.8 Å². The topological polar surface area (TPSA) is 85.1 Å². The summed E-state index contributed by atoms with van der Waals surface area (Å²) in [5, 5.41) is 13.0. The molecule has 4 nitrogen and oxygen atoms in total. The van der Waals surface area contributed by atoms with Gasteiger partial charge in [0, 0.05) is 32.3 Å². The van der Waals surface area contributed by atoms with E-state index < -0.39 is 0 Å². The molecule has 0 atom stereocenters. The van der Waals surface area contributed by atoms with Crippen molar-refractivity contribution in [2.24, 2.45) is 11.5 Å². The molecule has 0 aliphatic heterocycles. The standard InChI is InChI=1S/C36H28N2O.C13H11NS.C7H8/c1-22-30(23-8-12-28(13-9-23)36(37)38)6-3-7-33(22)39-29-18-14-24(15-19-29)31-20-16-27-11-10-25-4-2-5-26-17-21-32(31)35(27)34(25)26;14-8-9-4-3-7-12-13(9)10-5-1-2-6-11(10)15-12;1-7-5-3-2-4-6-7/h2-4,6-20H,5,21H2,1H3,(H3,37,38);1-7H,8,14H2;2-6H,1H3. The number of nitrogens with two attached hydrogens (primary N) is 2. The van der Waals surface area contributed by atoms with Crippen molar-refractivity contribution in [2.75, 3.05) is 0 Å². The second kappa shape index (κ2) is 17.3. The molecule has 0 saturated heterocycles. The van der Waals surface area contributed by atoms with Gasteiger partial charge < -0.3 is 16.2 Å². The van der Waals surface area contributed by atoms with Crippen LogP contribution in [0.2, 0.25) is 0 Å². The highest BCUT2D eigenvalue weighted by Crippen LogP contribution is 2.44. The summed E-state index contributed by atoms with van der Waals surface area (Å²) in [6.07, 6.45) is 8.93. The number of thiophene rings is 1. The molecule has 0 fully saturated rings. The van der Waals surface area contributed by atoms with Crippen molar-refractivity contribution < 1.29 is 4.74 Å². The Morgan fingerprint density at radius 1 is 0.656 bits per heavy atom. The van der Waals surface area contributed by atoms with Crippen LogP contribution in [0, 0.1) is 19.3 Å². The number of nitrogen functional groups attached to an aromatic ring is 1. The fourth-order valence-corrected chi connectivity index (χ4v) is 9.70. The van der Waals surface area contributed by atoms with E-state index in [9.17, 15) is 0 Å². The molecule has 1 heterocycles. The Morgan fingerprint density at radius 3 is 2.11 bits per heavy atom. The van der Waals surface area contributed by atoms with Gasteiger partial charge in [0.15, 0.2) is 0 Å². The van der Waals surface area contributed by atoms with Crippen LogP contribution in [0.1, 0.15) is 45.4 Å². The minimum absolute atomic E-state index is 0.0736. The van der Waals surface area contributed by atoms with Crippen molar-refractivity contribution in [1.29, 1.82) is 5.41 Å². The van der Waals surface area contributed by atoms with Crippen LogP contribution in [0.15, 0.2) is 176 Å². The highest BCUT2D eigenvalue weighted by molar-refractivity contribution is 7.25. The zero-order chi connectivity index (χ0) is 41.9. The Balaban J connectivity index is 0.000000176. The molecule has 0 bridgehead atoms. The molecule has 8 aromatic carbocycles. The Morgan fingerprint density at radius 2 is 1.36 bits per heavy atom. The van der Waals surface area contributed by atoms with Gasteiger partial charge in [0.25, 0.3) is 0 Å². The van der Waals surface area contributed by atoms with Crippen molar-refractivity contribution in [2.45, 2.75) is 33.2 Å². The van der Waals surface area contributed by atoms with E-state index in [1.54, 1.807) is 0 Å². The van der Waals surface area contributed by atoms with Gasteiger partial charge in [-0.15, -0.1) is 11.3 Å². The highest BCUT2D eigenvalue weighted by Gasteiger charge is 2.22. The van der Waals surface area contributed by atoms with Gasteiger partial charge in [0.1, 0.15) is 17.3 Å². The first-order chi connectivity index (χ1) is 29.9. The molecule has 0 amide bonds. The number of ether oxygens (including phenoxy) is 1. The zero-order valence-electron chi connectivity index (χ0n) is 34.4. The van der Waals surface area contributed by atoms with Crippen molar-refractivity contribution in [3.8, 4) is 33.8 Å². The molecular formula is C56H47N3OS. The predicted octanol–water partition coefficient (Wildman–Crippen LogP) is 14.4. The van der Waals surface area contributed by atoms with Crippen molar-refractivity contribution in [1.82, 2.24) is 0 Å². The minimum Gasteiger partial charge on any atom is -0.457 e. The summed E-state index contributed by atoms with van der Waals surface area (Å²) in [5.74, 6) is 1.71. The number of amidine groups is 1. The third-order valence-electron chi connectivity index (χ3n) is 11.7. The van der Waals surface area contributed by atoms with E-state index >= 15 is 0 Å². The normalized spacial score (nSPS) is 12.3. The number of fused-ring (bicyclic) bond motifs is 3. The van der Waals surface area contributed by atoms with E-state index in [-0.39, 0.29) is 5.84 Å². The predicted molar refractivity (Wildman–Crippen MR) is 261 cm³/mol. The van der Waals surface area contributed by atoms with Gasteiger partial charge in [-0.2, -0.15) is 0 Å². The first-order valence-corrected chi connectivity index (χ1v) is 21.6. The first kappa shape index (κ1) is 39.4. The SMILES string of the molecule is Cc1c(Oc2ccc(-c3ccc4ccc5c6c4c3CC=C6CC=C5)cc2)cccc1-c1ccc(C(=N)N)cc1.Cc1ccccc1.NCc1cccc2sc3ccccc3c12. The van der Waals surface area contributed by atoms with Gasteiger partial charge >= 0.3 is 0 Å². The maximum absolute atomic E-state index is 7.63. The molecule has 0 unspecified atom stereocenters. The van der Waals surface area contributed by atoms with Crippen molar-refractivity contribution in [3.63, 3.8) is 0 Å². The lowest BCUT2D eigenvalue weighted by Gasteiger charge is -2.25. The maximum atomic E-state index is 7.63. The summed E-state index contributed by atoms with van der Waals surface area (Å²) in [4.78, 5) is 0. The number of aryl methyl sites for hydroxylation is 1. The molecule has 5 heteroatoms. The van der Waals surface area contributed by atoms with Gasteiger partial charge in [-0.25, -0.2) is 0 Å². The lowest BCUT2D eigenvalue weighted by molar-refractivity contribution is 0.479. The van der Waals surface area contributed by atoms with Crippen LogP contribution < -0.4 is 16.2 Å². The monoisotopic (exact) mass is 809 g/mol. The number of nitrogens with one attached hydrogen (secondary N) is 1. The Hall–Kier alpha value is -7.05. The van der Waals surface area contributed by atoms with Gasteiger partial charge in [-0.3, -0.25) is 5.41 Å². The number of benzene rings is 8. The van der Waals surface area contributed by atoms with E-state index in [1.165, 1.54) is 75.5 Å². The molecule has 61 heavy (non-hydrogen) atoms. The lowest BCUT2D eigenvalue weighted by Crippen LogP contribution is -2.10. The van der Waals surface area contributed by atoms with E-state index in [4.69, 9.17) is 21.6 Å². The molecule has 0 radical (unpaired) electrons. The number of hydrogen-bond acceptors (Lipinski definition) is 4. The van der Waals surface area contributed by atoms with E-state index in [1.807, 2.05) is 65.9 Å². The maximum Gasteiger partial charge on any atom is 0.130 e. The fraction of sp³-hybridized carbons (Fsp3) is 0.0893. The quantitative estimate of drug-likeness (QED) is 0.115. The van der Waals surface area contributed by atoms with Gasteiger partial charge in [-0.1, -0.05) is 157 Å². The average molecular weight is 810 g/mol. The molecule has 0 saturated carbocycles. The fourth-order valence-electron chi connectivity index (χ4n) is 8.55. The van der Waals surface area contributed by atoms with Crippen LogP contribution in [0.4, 0.5) is 0 Å². The Kier molecular flexibility index (Phi) is 11.2. The van der Waals surface area contributed by atoms with Gasteiger partial charge in [-0.05, 0) is 123 Å². The molecule has 2 aliphatic carbocycles. The Bertz CT molecular complexity index is 3120. The van der Waals surface area contributed by atoms with Gasteiger partial charge in [0.2, 0.25) is 0 Å². The first-order valence-electron chi connectivity index (χ1n) is 20.7. The molecule has 11 rings (SSSR count). The van der Waals surface area contributed by atoms with Crippen LogP contribution in [0.3, 0.4) is 0 Å². The molecular weight excluding hydrogens is 763 g/mol. The third kappa shape index (κ3) is 8.02. The Labute approximate surface area is 361 Å². The smallest absolute Gasteiger partial charge is 0.130 e. The summed E-state index contributed by atoms with van der Waals surface area (Å²) in [6.45, 7) is 4.77. The summed E-state index contributed by atoms with van der Waals surface area (Å²) in [7, 11) is 0. The molecule has 298 valence electrons. The number of rotatable bonds is 6. The van der Waals surface area contributed by atoms with E-state index in [0.717, 1.165) is 46.6 Å². The van der Waals surface area contributed by atoms with Crippen molar-refractivity contribution >= 4 is 59.8 Å². The zero-order valence-corrected chi connectivity index (χ0v) is 35.2. The van der Waals surface area contributed by atoms with E-state index in [2.05, 4.69) is 141 Å². The highest BCUT2D eigenvalue weighted by atomic mass is 32.1. The summed E-state index contributed by atoms with van der Waals surface area (Å²) in [5.41, 5.74) is 26.0. The van der Waals surface area contributed by atoms with Crippen LogP contribution >= 0.6 is 11.3 Å². The van der Waals surface area contributed by atoms with Crippen LogP contribution in [0.5, 0.6) is 11.5 Å². The summed E-state index contributed by atoms with van der Waals surface area (Å²) < 4.78 is 9.04. The van der Waals surface area contributed by atoms with Crippen molar-refractivity contribution in [3.05, 3.63) is 215 Å². The lowest BCUT2D eigenvalue weighted by atomic mass is 9.79. The third-order valence-corrected chi connectivity index (χ3v) is 12.8. The second-order valence-electron chi connectivity index (χ2n) is 15.6. The van der Waals surface area contributed by atoms with E-state index in [0.29, 0.717) is 6.54 Å². The molecule has 1 aromatic heterocycles. The molecule has 0 spiro atoms. The minimum atomic E-state index is 0.0736. The second-order valence-corrected chi connectivity index (χ2v) is 16.6. The largest absolute Gasteiger partial charge is 0.457 e. The molecule has 9 aromatic rings. The average Bonchev–Trinajstić information content (AvgIpc) is 3.69. The number of allylic oxidation sites excluding steroid dienone is 3. The molecule has 5 N–H and O–H groups in total. The van der Waals surface area contributed by atoms with Gasteiger partial charge in [0.05, 0.1) is 0 Å². The molecule has 2 aliphatic rings. The summed E-state index contributed by atoms with van der Waals surface area (Å²) >= 11 is 1.84. The number of hydrogen-bond donors (Lipinski definition) is 3.